The Kier molecular flexibility index (Phi) is 6.08. The molecule has 3 rings (SSSR count). The first-order chi connectivity index (χ1) is 13.9. The van der Waals surface area contributed by atoms with Crippen molar-refractivity contribution in [1.29, 1.82) is 0 Å². The highest BCUT2D eigenvalue weighted by atomic mass is 16.4. The quantitative estimate of drug-likeness (QED) is 0.614. The third kappa shape index (κ3) is 5.10. The molecule has 29 heavy (non-hydrogen) atoms. The molecule has 0 bridgehead atoms. The summed E-state index contributed by atoms with van der Waals surface area (Å²) >= 11 is 0. The van der Waals surface area contributed by atoms with Gasteiger partial charge in [0.2, 0.25) is 11.8 Å². The summed E-state index contributed by atoms with van der Waals surface area (Å²) in [5.74, 6) is -2.46. The maximum atomic E-state index is 12.4. The Balaban J connectivity index is 1.58. The molecule has 0 saturated carbocycles. The minimum Gasteiger partial charge on any atom is -0.548 e. The van der Waals surface area contributed by atoms with E-state index in [0.717, 1.165) is 5.56 Å². The van der Waals surface area contributed by atoms with Crippen molar-refractivity contribution in [3.8, 4) is 0 Å². The molecule has 0 fully saturated rings. The number of nitrogens with one attached hydrogen (secondary N) is 3. The number of hydrogen-bond acceptors (Lipinski definition) is 5. The molecule has 0 spiro atoms. The van der Waals surface area contributed by atoms with E-state index in [2.05, 4.69) is 16.0 Å². The first-order valence-electron chi connectivity index (χ1n) is 8.92. The number of rotatable bonds is 6. The highest BCUT2D eigenvalue weighted by Crippen LogP contribution is 2.28. The number of para-hydroxylation sites is 2. The molecule has 0 radical (unpaired) electrons. The Morgan fingerprint density at radius 1 is 1.07 bits per heavy atom. The van der Waals surface area contributed by atoms with E-state index in [4.69, 9.17) is 0 Å². The van der Waals surface area contributed by atoms with E-state index in [1.807, 2.05) is 0 Å². The lowest BCUT2D eigenvalue weighted by Gasteiger charge is -2.29. The fourth-order valence-corrected chi connectivity index (χ4v) is 2.95. The van der Waals surface area contributed by atoms with Crippen LogP contribution in [0.2, 0.25) is 0 Å². The maximum absolute atomic E-state index is 12.4. The van der Waals surface area contributed by atoms with Crippen LogP contribution in [0.25, 0.3) is 0 Å². The van der Waals surface area contributed by atoms with Crippen molar-refractivity contribution in [1.82, 2.24) is 10.6 Å². The fourth-order valence-electron chi connectivity index (χ4n) is 2.95. The number of carbonyl (C=O) groups is 4. The van der Waals surface area contributed by atoms with Gasteiger partial charge >= 0.3 is 6.03 Å². The molecule has 150 valence electrons. The van der Waals surface area contributed by atoms with E-state index >= 15 is 0 Å². The van der Waals surface area contributed by atoms with E-state index in [9.17, 15) is 24.3 Å². The van der Waals surface area contributed by atoms with Crippen LogP contribution in [-0.4, -0.2) is 42.9 Å². The van der Waals surface area contributed by atoms with E-state index in [0.29, 0.717) is 11.4 Å². The lowest BCUT2D eigenvalue weighted by molar-refractivity contribution is -0.308. The predicted molar refractivity (Wildman–Crippen MR) is 103 cm³/mol. The van der Waals surface area contributed by atoms with Gasteiger partial charge in [0.15, 0.2) is 0 Å². The number of nitrogens with zero attached hydrogens (tertiary/aromatic N) is 1. The van der Waals surface area contributed by atoms with Crippen LogP contribution in [0.5, 0.6) is 0 Å². The number of aliphatic carboxylic acids is 1. The zero-order valence-electron chi connectivity index (χ0n) is 15.4. The maximum Gasteiger partial charge on any atom is 0.322 e. The molecule has 1 heterocycles. The largest absolute Gasteiger partial charge is 0.548 e. The Morgan fingerprint density at radius 2 is 1.76 bits per heavy atom. The first kappa shape index (κ1) is 19.9. The summed E-state index contributed by atoms with van der Waals surface area (Å²) in [5, 5.41) is 18.7. The summed E-state index contributed by atoms with van der Waals surface area (Å²) in [6, 6.07) is 13.7. The summed E-state index contributed by atoms with van der Waals surface area (Å²) in [5.41, 5.74) is 1.71. The second kappa shape index (κ2) is 8.87. The van der Waals surface area contributed by atoms with Crippen molar-refractivity contribution in [2.24, 2.45) is 0 Å². The van der Waals surface area contributed by atoms with Gasteiger partial charge in [0.25, 0.3) is 0 Å². The minimum absolute atomic E-state index is 0.0581. The van der Waals surface area contributed by atoms with E-state index in [-0.39, 0.29) is 18.9 Å². The number of urea groups is 1. The number of amides is 4. The third-order valence-corrected chi connectivity index (χ3v) is 4.32. The molecular formula is C20H19N4O5-. The molecule has 1 aliphatic rings. The average Bonchev–Trinajstić information content (AvgIpc) is 2.71. The van der Waals surface area contributed by atoms with Crippen molar-refractivity contribution in [2.45, 2.75) is 12.5 Å². The van der Waals surface area contributed by atoms with Gasteiger partial charge in [-0.2, -0.15) is 0 Å². The molecule has 2 aromatic carbocycles. The summed E-state index contributed by atoms with van der Waals surface area (Å²) in [6.07, 6.45) is 0.0581. The molecule has 0 aliphatic carbocycles. The SMILES string of the molecule is O=C1CN(C(=O)NCC(=O)N[C@@H](Cc2ccccc2)C(=O)[O-])c2ccccc2N1. The molecule has 3 N–H and O–H groups in total. The van der Waals surface area contributed by atoms with Gasteiger partial charge in [0.1, 0.15) is 6.54 Å². The van der Waals surface area contributed by atoms with Gasteiger partial charge in [-0.25, -0.2) is 4.79 Å². The van der Waals surface area contributed by atoms with Crippen LogP contribution < -0.4 is 26.0 Å². The van der Waals surface area contributed by atoms with Gasteiger partial charge in [-0.1, -0.05) is 42.5 Å². The Hall–Kier alpha value is -3.88. The molecule has 0 saturated heterocycles. The molecule has 0 aromatic heterocycles. The van der Waals surface area contributed by atoms with Crippen LogP contribution in [-0.2, 0) is 20.8 Å². The second-order valence-corrected chi connectivity index (χ2v) is 6.44. The van der Waals surface area contributed by atoms with Crippen molar-refractivity contribution in [3.05, 3.63) is 60.2 Å². The number of hydrogen-bond donors (Lipinski definition) is 3. The van der Waals surface area contributed by atoms with Crippen molar-refractivity contribution >= 4 is 35.2 Å². The van der Waals surface area contributed by atoms with E-state index < -0.39 is 30.5 Å². The van der Waals surface area contributed by atoms with Gasteiger partial charge in [0, 0.05) is 0 Å². The second-order valence-electron chi connectivity index (χ2n) is 6.44. The summed E-state index contributed by atoms with van der Waals surface area (Å²) in [7, 11) is 0. The highest BCUT2D eigenvalue weighted by molar-refractivity contribution is 6.09. The van der Waals surface area contributed by atoms with Crippen molar-refractivity contribution < 1.29 is 24.3 Å². The molecule has 1 aliphatic heterocycles. The Labute approximate surface area is 166 Å². The molecular weight excluding hydrogens is 376 g/mol. The van der Waals surface area contributed by atoms with Crippen LogP contribution in [0.1, 0.15) is 5.56 Å². The Bertz CT molecular complexity index is 931. The summed E-state index contributed by atoms with van der Waals surface area (Å²) in [4.78, 5) is 48.9. The van der Waals surface area contributed by atoms with E-state index in [1.54, 1.807) is 54.6 Å². The standard InChI is InChI=1S/C20H20N4O5/c25-17(23-15(19(27)28)10-13-6-2-1-3-7-13)11-21-20(29)24-12-18(26)22-14-8-4-5-9-16(14)24/h1-9,15H,10-12H2,(H,21,29)(H,22,26)(H,23,25)(H,27,28)/p-1/t15-/m0/s1. The fraction of sp³-hybridized carbons (Fsp3) is 0.200. The number of benzene rings is 2. The topological polar surface area (TPSA) is 131 Å². The molecule has 9 nitrogen and oxygen atoms in total. The van der Waals surface area contributed by atoms with Crippen LogP contribution >= 0.6 is 0 Å². The minimum atomic E-state index is -1.42. The van der Waals surface area contributed by atoms with Crippen LogP contribution in [0.4, 0.5) is 16.2 Å². The first-order valence-corrected chi connectivity index (χ1v) is 8.92. The van der Waals surface area contributed by atoms with Gasteiger partial charge in [-0.3, -0.25) is 14.5 Å². The normalized spacial score (nSPS) is 13.7. The number of fused-ring (bicyclic) bond motifs is 1. The molecule has 0 unspecified atom stereocenters. The molecule has 2 aromatic rings. The number of anilines is 2. The van der Waals surface area contributed by atoms with Gasteiger partial charge in [-0.05, 0) is 24.1 Å². The lowest BCUT2D eigenvalue weighted by Crippen LogP contribution is -2.53. The van der Waals surface area contributed by atoms with Crippen LogP contribution in [0.3, 0.4) is 0 Å². The molecule has 4 amide bonds. The molecule has 9 heteroatoms. The smallest absolute Gasteiger partial charge is 0.322 e. The predicted octanol–water partition coefficient (Wildman–Crippen LogP) is -0.368. The van der Waals surface area contributed by atoms with Crippen molar-refractivity contribution in [2.75, 3.05) is 23.3 Å². The zero-order chi connectivity index (χ0) is 20.8. The number of carboxylic acid groups (broad SMARTS) is 1. The molecule has 1 atom stereocenters. The number of carboxylic acids is 1. The Morgan fingerprint density at radius 3 is 2.48 bits per heavy atom. The van der Waals surface area contributed by atoms with Crippen molar-refractivity contribution in [3.63, 3.8) is 0 Å². The zero-order valence-corrected chi connectivity index (χ0v) is 15.4. The summed E-state index contributed by atoms with van der Waals surface area (Å²) < 4.78 is 0. The van der Waals surface area contributed by atoms with Gasteiger partial charge < -0.3 is 25.9 Å². The van der Waals surface area contributed by atoms with E-state index in [1.165, 1.54) is 4.90 Å². The number of carbonyl (C=O) groups excluding carboxylic acids is 4. The van der Waals surface area contributed by atoms with Gasteiger partial charge in [-0.15, -0.1) is 0 Å². The van der Waals surface area contributed by atoms with Crippen LogP contribution in [0.15, 0.2) is 54.6 Å². The summed E-state index contributed by atoms with van der Waals surface area (Å²) in [6.45, 7) is -0.641. The third-order valence-electron chi connectivity index (χ3n) is 4.32. The van der Waals surface area contributed by atoms with Gasteiger partial charge in [0.05, 0.1) is 29.9 Å². The monoisotopic (exact) mass is 395 g/mol. The van der Waals surface area contributed by atoms with Crippen LogP contribution in [0, 0.1) is 0 Å². The average molecular weight is 395 g/mol. The lowest BCUT2D eigenvalue weighted by atomic mass is 10.1. The highest BCUT2D eigenvalue weighted by Gasteiger charge is 2.27.